The Kier molecular flexibility index (Phi) is 15.7. The molecule has 0 amide bonds. The average molecular weight is 976 g/mol. The Labute approximate surface area is 440 Å². The molecule has 0 fully saturated rings. The molecule has 3 heterocycles. The van der Waals surface area contributed by atoms with Crippen molar-refractivity contribution < 1.29 is 14.2 Å². The number of hydrogen-bond donors (Lipinski definition) is 0. The van der Waals surface area contributed by atoms with Crippen LogP contribution in [0.5, 0.6) is 17.2 Å². The molecule has 0 aliphatic heterocycles. The fourth-order valence-corrected chi connectivity index (χ4v) is 9.50. The van der Waals surface area contributed by atoms with E-state index < -0.39 is 0 Å². The molecule has 0 saturated carbocycles. The normalized spacial score (nSPS) is 10.9. The van der Waals surface area contributed by atoms with E-state index in [4.69, 9.17) is 14.2 Å². The Morgan fingerprint density at radius 1 is 0.267 bits per heavy atom. The minimum atomic E-state index is 0.537. The highest BCUT2D eigenvalue weighted by molar-refractivity contribution is 6.15. The number of aromatic nitrogens is 3. The van der Waals surface area contributed by atoms with Gasteiger partial charge in [0.15, 0.2) is 0 Å². The summed E-state index contributed by atoms with van der Waals surface area (Å²) in [6.07, 6.45) is 19.0. The second-order valence-electron chi connectivity index (χ2n) is 18.1. The van der Waals surface area contributed by atoms with Crippen LogP contribution in [0.25, 0.3) is 100 Å². The molecule has 366 valence electrons. The zero-order chi connectivity index (χ0) is 51.2. The van der Waals surface area contributed by atoms with Gasteiger partial charge < -0.3 is 14.2 Å². The Balaban J connectivity index is 1.35. The lowest BCUT2D eigenvalue weighted by atomic mass is 9.74. The highest BCUT2D eigenvalue weighted by Crippen LogP contribution is 2.56. The van der Waals surface area contributed by atoms with Crippen molar-refractivity contribution in [2.45, 2.75) is 19.3 Å². The Morgan fingerprint density at radius 3 is 0.680 bits per heavy atom. The van der Waals surface area contributed by atoms with Crippen LogP contribution in [0, 0.1) is 0 Å². The molecule has 6 heteroatoms. The van der Waals surface area contributed by atoms with Gasteiger partial charge in [0.2, 0.25) is 0 Å². The molecule has 0 spiro atoms. The Morgan fingerprint density at radius 2 is 0.480 bits per heavy atom. The number of rotatable bonds is 21. The third-order valence-corrected chi connectivity index (χ3v) is 13.2. The average Bonchev–Trinajstić information content (AvgIpc) is 3.49. The van der Waals surface area contributed by atoms with Crippen molar-refractivity contribution in [3.05, 3.63) is 257 Å². The van der Waals surface area contributed by atoms with Crippen molar-refractivity contribution in [3.63, 3.8) is 0 Å². The van der Waals surface area contributed by atoms with Crippen LogP contribution in [0.2, 0.25) is 0 Å². The summed E-state index contributed by atoms with van der Waals surface area (Å²) in [6.45, 7) is 13.4. The largest absolute Gasteiger partial charge is 0.493 e. The topological polar surface area (TPSA) is 66.4 Å². The van der Waals surface area contributed by atoms with Crippen LogP contribution in [0.4, 0.5) is 0 Å². The zero-order valence-corrected chi connectivity index (χ0v) is 41.9. The molecule has 0 aliphatic rings. The fraction of sp³-hybridized carbons (Fsp3) is 0.0870. The first-order chi connectivity index (χ1) is 37.1. The van der Waals surface area contributed by atoms with E-state index in [0.29, 0.717) is 19.8 Å². The summed E-state index contributed by atoms with van der Waals surface area (Å²) in [5.41, 5.74) is 19.0. The minimum absolute atomic E-state index is 0.537. The maximum absolute atomic E-state index is 6.25. The number of benzene rings is 7. The Bertz CT molecular complexity index is 3090. The van der Waals surface area contributed by atoms with Crippen molar-refractivity contribution in [2.24, 2.45) is 0 Å². The summed E-state index contributed by atoms with van der Waals surface area (Å²) in [6, 6.07) is 64.7. The van der Waals surface area contributed by atoms with Crippen molar-refractivity contribution >= 4 is 0 Å². The van der Waals surface area contributed by atoms with Gasteiger partial charge in [-0.05, 0) is 174 Å². The van der Waals surface area contributed by atoms with Crippen molar-refractivity contribution in [2.75, 3.05) is 19.8 Å². The molecular weight excluding hydrogens is 919 g/mol. The summed E-state index contributed by atoms with van der Waals surface area (Å²) in [7, 11) is 0. The molecule has 0 radical (unpaired) electrons. The molecule has 0 N–H and O–H groups in total. The van der Waals surface area contributed by atoms with Crippen LogP contribution in [-0.4, -0.2) is 34.8 Å². The van der Waals surface area contributed by atoms with Gasteiger partial charge in [-0.3, -0.25) is 15.0 Å². The van der Waals surface area contributed by atoms with E-state index in [1.165, 1.54) is 0 Å². The zero-order valence-electron chi connectivity index (χ0n) is 41.9. The molecule has 6 nitrogen and oxygen atoms in total. The van der Waals surface area contributed by atoms with E-state index >= 15 is 0 Å². The van der Waals surface area contributed by atoms with Gasteiger partial charge in [-0.25, -0.2) is 0 Å². The molecule has 0 unspecified atom stereocenters. The van der Waals surface area contributed by atoms with Crippen molar-refractivity contribution in [3.8, 4) is 117 Å². The number of hydrogen-bond acceptors (Lipinski definition) is 6. The van der Waals surface area contributed by atoms with Crippen LogP contribution in [0.3, 0.4) is 0 Å². The minimum Gasteiger partial charge on any atom is -0.493 e. The highest BCUT2D eigenvalue weighted by Gasteiger charge is 2.30. The maximum Gasteiger partial charge on any atom is 0.119 e. The van der Waals surface area contributed by atoms with Gasteiger partial charge in [0, 0.05) is 37.2 Å². The standard InChI is InChI=1S/C69H57N3O3/c1-4-7-43-73-61-34-28-55(29-35-61)67-64(52-22-16-49(17-23-52)58-13-10-40-70-46-58)68(56-30-36-62(37-31-56)74-44-8-5-2)66(54-26-20-51(21-27-54)60-15-12-42-72-48-60)69(57-32-38-63(39-33-57)75-45-9-6-3)65(67)53-24-18-50(19-25-53)59-14-11-41-71-47-59/h4-6,10-42,46-48H,1-3,7-9,43-45H2. The lowest BCUT2D eigenvalue weighted by Gasteiger charge is -2.29. The third-order valence-electron chi connectivity index (χ3n) is 13.2. The SMILES string of the molecule is C=CCCOc1ccc(-c2c(-c3ccc(-c4cccnc4)cc3)c(-c3ccc(OCCC=C)cc3)c(-c3ccc(-c4cccnc4)cc3)c(-c3ccc(OCCC=C)cc3)c2-c2ccc(-c3cccnc3)cc2)cc1. The van der Waals surface area contributed by atoms with E-state index in [1.54, 1.807) is 0 Å². The quantitative estimate of drug-likeness (QED) is 0.0528. The smallest absolute Gasteiger partial charge is 0.119 e. The van der Waals surface area contributed by atoms with E-state index in [2.05, 4.69) is 198 Å². The van der Waals surface area contributed by atoms with E-state index in [-0.39, 0.29) is 0 Å². The van der Waals surface area contributed by atoms with Gasteiger partial charge in [-0.2, -0.15) is 0 Å². The molecule has 0 bridgehead atoms. The first-order valence-electron chi connectivity index (χ1n) is 25.4. The molecule has 0 atom stereocenters. The monoisotopic (exact) mass is 975 g/mol. The molecular formula is C69H57N3O3. The number of pyridine rings is 3. The predicted octanol–water partition coefficient (Wildman–Crippen LogP) is 17.7. The lowest BCUT2D eigenvalue weighted by Crippen LogP contribution is -2.03. The van der Waals surface area contributed by atoms with Gasteiger partial charge >= 0.3 is 0 Å². The van der Waals surface area contributed by atoms with Gasteiger partial charge in [-0.15, -0.1) is 19.7 Å². The predicted molar refractivity (Wildman–Crippen MR) is 310 cm³/mol. The van der Waals surface area contributed by atoms with Crippen LogP contribution in [-0.2, 0) is 0 Å². The summed E-state index contributed by atoms with van der Waals surface area (Å²) in [5.74, 6) is 2.36. The summed E-state index contributed by atoms with van der Waals surface area (Å²) < 4.78 is 18.8. The molecule has 0 aliphatic carbocycles. The maximum atomic E-state index is 6.25. The summed E-state index contributed by atoms with van der Waals surface area (Å²) in [4.78, 5) is 13.4. The molecule has 10 aromatic rings. The van der Waals surface area contributed by atoms with Gasteiger partial charge in [0.05, 0.1) is 19.8 Å². The first-order valence-corrected chi connectivity index (χ1v) is 25.4. The molecule has 10 rings (SSSR count). The van der Waals surface area contributed by atoms with Crippen molar-refractivity contribution in [1.82, 2.24) is 15.0 Å². The molecule has 75 heavy (non-hydrogen) atoms. The van der Waals surface area contributed by atoms with Crippen LogP contribution >= 0.6 is 0 Å². The summed E-state index contributed by atoms with van der Waals surface area (Å²) >= 11 is 0. The van der Waals surface area contributed by atoms with E-state index in [1.807, 2.05) is 73.6 Å². The second-order valence-corrected chi connectivity index (χ2v) is 18.1. The van der Waals surface area contributed by atoms with E-state index in [0.717, 1.165) is 137 Å². The van der Waals surface area contributed by atoms with Gasteiger partial charge in [0.1, 0.15) is 17.2 Å². The van der Waals surface area contributed by atoms with Crippen LogP contribution in [0.15, 0.2) is 257 Å². The lowest BCUT2D eigenvalue weighted by molar-refractivity contribution is 0.325. The van der Waals surface area contributed by atoms with Gasteiger partial charge in [-0.1, -0.05) is 146 Å². The van der Waals surface area contributed by atoms with Crippen molar-refractivity contribution in [1.29, 1.82) is 0 Å². The molecule has 0 saturated heterocycles. The van der Waals surface area contributed by atoms with Crippen LogP contribution in [0.1, 0.15) is 19.3 Å². The number of nitrogens with zero attached hydrogens (tertiary/aromatic N) is 3. The van der Waals surface area contributed by atoms with E-state index in [9.17, 15) is 0 Å². The van der Waals surface area contributed by atoms with Crippen LogP contribution < -0.4 is 14.2 Å². The first kappa shape index (κ1) is 49.2. The molecule has 3 aromatic heterocycles. The highest BCUT2D eigenvalue weighted by atomic mass is 16.5. The molecule has 7 aromatic carbocycles. The third kappa shape index (κ3) is 11.3. The van der Waals surface area contributed by atoms with Gasteiger partial charge in [0.25, 0.3) is 0 Å². The summed E-state index contributed by atoms with van der Waals surface area (Å²) in [5, 5.41) is 0. The second kappa shape index (κ2) is 23.9. The Hall–Kier alpha value is -9.39. The number of ether oxygens (including phenoxy) is 3. The fourth-order valence-electron chi connectivity index (χ4n) is 9.50.